The van der Waals surface area contributed by atoms with E-state index in [0.717, 1.165) is 34.2 Å². The first-order valence-corrected chi connectivity index (χ1v) is 13.7. The molecule has 0 bridgehead atoms. The van der Waals surface area contributed by atoms with E-state index in [1.165, 1.54) is 0 Å². The average molecular weight is 545 g/mol. The number of rotatable bonds is 13. The molecule has 3 N–H and O–H groups in total. The van der Waals surface area contributed by atoms with Gasteiger partial charge in [-0.25, -0.2) is 9.59 Å². The van der Waals surface area contributed by atoms with Crippen LogP contribution in [0.4, 0.5) is 4.79 Å². The van der Waals surface area contributed by atoms with Gasteiger partial charge in [-0.1, -0.05) is 98.6 Å². The normalized spacial score (nSPS) is 14.3. The lowest BCUT2D eigenvalue weighted by Gasteiger charge is -2.26. The van der Waals surface area contributed by atoms with Crippen molar-refractivity contribution < 1.29 is 29.0 Å². The highest BCUT2D eigenvalue weighted by Crippen LogP contribution is 2.44. The molecule has 4 rings (SSSR count). The number of ether oxygens (including phenoxy) is 2. The Kier molecular flexibility index (Phi) is 9.91. The maximum Gasteiger partial charge on any atom is 0.407 e. The van der Waals surface area contributed by atoms with Crippen molar-refractivity contribution in [3.63, 3.8) is 0 Å². The number of amides is 2. The second-order valence-electron chi connectivity index (χ2n) is 9.99. The Hall–Kier alpha value is -4.17. The van der Waals surface area contributed by atoms with Crippen molar-refractivity contribution in [1.82, 2.24) is 10.6 Å². The topological polar surface area (TPSA) is 114 Å². The first-order valence-electron chi connectivity index (χ1n) is 13.7. The maximum absolute atomic E-state index is 13.3. The lowest BCUT2D eigenvalue weighted by Crippen LogP contribution is -2.56. The number of carboxylic acids is 1. The standard InChI is InChI=1S/C32H36N2O6/c1-3-4-18-28(31(36)37)33-30(35)29(21(2)39-19-22-12-6-5-7-13-22)34-32(38)40-20-27-25-16-10-8-14-23(25)24-15-9-11-17-26(24)27/h5-17,21,27-29H,3-4,18-20H2,1-2H3,(H,33,35)(H,34,38)(H,36,37)/t21?,28-,29?/m0/s1. The third kappa shape index (κ3) is 7.07. The molecule has 0 spiro atoms. The van der Waals surface area contributed by atoms with Crippen LogP contribution in [0, 0.1) is 0 Å². The summed E-state index contributed by atoms with van der Waals surface area (Å²) in [5.74, 6) is -1.90. The number of hydrogen-bond acceptors (Lipinski definition) is 5. The summed E-state index contributed by atoms with van der Waals surface area (Å²) in [6, 6.07) is 23.3. The number of aliphatic carboxylic acids is 1. The van der Waals surface area contributed by atoms with Crippen LogP contribution in [-0.4, -0.2) is 47.9 Å². The lowest BCUT2D eigenvalue weighted by atomic mass is 9.98. The van der Waals surface area contributed by atoms with Gasteiger partial charge in [0.25, 0.3) is 0 Å². The number of carbonyl (C=O) groups is 3. The van der Waals surface area contributed by atoms with Gasteiger partial charge in [0.15, 0.2) is 0 Å². The minimum atomic E-state index is -1.16. The Balaban J connectivity index is 1.45. The van der Waals surface area contributed by atoms with Crippen LogP contribution in [0.25, 0.3) is 11.1 Å². The van der Waals surface area contributed by atoms with Crippen molar-refractivity contribution >= 4 is 18.0 Å². The van der Waals surface area contributed by atoms with Gasteiger partial charge < -0.3 is 25.2 Å². The van der Waals surface area contributed by atoms with E-state index in [9.17, 15) is 19.5 Å². The average Bonchev–Trinajstić information content (AvgIpc) is 3.29. The summed E-state index contributed by atoms with van der Waals surface area (Å²) < 4.78 is 11.6. The first kappa shape index (κ1) is 28.8. The Morgan fingerprint density at radius 2 is 1.48 bits per heavy atom. The van der Waals surface area contributed by atoms with Crippen LogP contribution in [0.15, 0.2) is 78.9 Å². The molecular formula is C32H36N2O6. The molecule has 0 aliphatic heterocycles. The maximum atomic E-state index is 13.3. The fourth-order valence-corrected chi connectivity index (χ4v) is 4.99. The molecule has 0 aromatic heterocycles. The lowest BCUT2D eigenvalue weighted by molar-refractivity contribution is -0.143. The molecule has 0 fully saturated rings. The van der Waals surface area contributed by atoms with E-state index in [4.69, 9.17) is 9.47 Å². The van der Waals surface area contributed by atoms with Gasteiger partial charge in [-0.3, -0.25) is 4.79 Å². The Labute approximate surface area is 234 Å². The van der Waals surface area contributed by atoms with Crippen molar-refractivity contribution in [2.24, 2.45) is 0 Å². The van der Waals surface area contributed by atoms with Crippen LogP contribution in [-0.2, 0) is 25.7 Å². The number of hydrogen-bond donors (Lipinski definition) is 3. The zero-order valence-electron chi connectivity index (χ0n) is 22.8. The van der Waals surface area contributed by atoms with Crippen molar-refractivity contribution in [1.29, 1.82) is 0 Å². The molecule has 3 aromatic carbocycles. The summed E-state index contributed by atoms with van der Waals surface area (Å²) in [5.41, 5.74) is 5.27. The van der Waals surface area contributed by atoms with Crippen molar-refractivity contribution in [2.75, 3.05) is 6.61 Å². The summed E-state index contributed by atoms with van der Waals surface area (Å²) in [6.45, 7) is 3.92. The molecule has 3 aromatic rings. The number of carboxylic acid groups (broad SMARTS) is 1. The van der Waals surface area contributed by atoms with E-state index in [0.29, 0.717) is 6.42 Å². The van der Waals surface area contributed by atoms with Gasteiger partial charge in [-0.15, -0.1) is 0 Å². The fourth-order valence-electron chi connectivity index (χ4n) is 4.99. The molecule has 0 radical (unpaired) electrons. The van der Waals surface area contributed by atoms with Crippen molar-refractivity contribution in [3.05, 3.63) is 95.6 Å². The molecule has 3 atom stereocenters. The molecular weight excluding hydrogens is 508 g/mol. The number of nitrogens with one attached hydrogen (secondary N) is 2. The number of fused-ring (bicyclic) bond motifs is 3. The van der Waals surface area contributed by atoms with Crippen LogP contribution < -0.4 is 10.6 Å². The zero-order valence-corrected chi connectivity index (χ0v) is 22.8. The molecule has 0 saturated heterocycles. The molecule has 1 aliphatic carbocycles. The fraction of sp³-hybridized carbons (Fsp3) is 0.344. The highest BCUT2D eigenvalue weighted by molar-refractivity contribution is 5.89. The van der Waals surface area contributed by atoms with Gasteiger partial charge in [0.2, 0.25) is 5.91 Å². The summed E-state index contributed by atoms with van der Waals surface area (Å²) in [7, 11) is 0. The molecule has 8 nitrogen and oxygen atoms in total. The predicted octanol–water partition coefficient (Wildman–Crippen LogP) is 5.26. The van der Waals surface area contributed by atoms with Crippen LogP contribution in [0.2, 0.25) is 0 Å². The van der Waals surface area contributed by atoms with E-state index in [-0.39, 0.29) is 25.6 Å². The summed E-state index contributed by atoms with van der Waals surface area (Å²) in [6.07, 6.45) is 0.174. The summed E-state index contributed by atoms with van der Waals surface area (Å²) in [5, 5.41) is 14.8. The quantitative estimate of drug-likeness (QED) is 0.271. The van der Waals surface area contributed by atoms with Gasteiger partial charge in [-0.05, 0) is 41.2 Å². The molecule has 8 heteroatoms. The summed E-state index contributed by atoms with van der Waals surface area (Å²) >= 11 is 0. The van der Waals surface area contributed by atoms with E-state index in [2.05, 4.69) is 22.8 Å². The molecule has 0 heterocycles. The molecule has 2 amide bonds. The minimum Gasteiger partial charge on any atom is -0.480 e. The highest BCUT2D eigenvalue weighted by atomic mass is 16.5. The number of carbonyl (C=O) groups excluding carboxylic acids is 2. The van der Waals surface area contributed by atoms with Crippen LogP contribution in [0.3, 0.4) is 0 Å². The van der Waals surface area contributed by atoms with E-state index in [1.54, 1.807) is 6.92 Å². The predicted molar refractivity (Wildman–Crippen MR) is 152 cm³/mol. The zero-order chi connectivity index (χ0) is 28.5. The van der Waals surface area contributed by atoms with Crippen LogP contribution in [0.5, 0.6) is 0 Å². The monoisotopic (exact) mass is 544 g/mol. The largest absolute Gasteiger partial charge is 0.480 e. The van der Waals surface area contributed by atoms with Gasteiger partial charge in [-0.2, -0.15) is 0 Å². The summed E-state index contributed by atoms with van der Waals surface area (Å²) in [4.78, 5) is 38.1. The van der Waals surface area contributed by atoms with E-state index >= 15 is 0 Å². The molecule has 40 heavy (non-hydrogen) atoms. The number of unbranched alkanes of at least 4 members (excludes halogenated alkanes) is 1. The Bertz CT molecular complexity index is 1270. The molecule has 210 valence electrons. The third-order valence-corrected chi connectivity index (χ3v) is 7.19. The van der Waals surface area contributed by atoms with E-state index < -0.39 is 36.2 Å². The van der Waals surface area contributed by atoms with Crippen molar-refractivity contribution in [2.45, 2.75) is 63.8 Å². The smallest absolute Gasteiger partial charge is 0.407 e. The molecule has 0 saturated carbocycles. The SMILES string of the molecule is CCCC[C@H](NC(=O)C(NC(=O)OCC1c2ccccc2-c2ccccc21)C(C)OCc1ccccc1)C(=O)O. The van der Waals surface area contributed by atoms with Crippen LogP contribution >= 0.6 is 0 Å². The Morgan fingerprint density at radius 1 is 0.875 bits per heavy atom. The van der Waals surface area contributed by atoms with Gasteiger partial charge >= 0.3 is 12.1 Å². The highest BCUT2D eigenvalue weighted by Gasteiger charge is 2.33. The second kappa shape index (κ2) is 13.8. The van der Waals surface area contributed by atoms with Crippen LogP contribution in [0.1, 0.15) is 55.7 Å². The third-order valence-electron chi connectivity index (χ3n) is 7.19. The van der Waals surface area contributed by atoms with Gasteiger partial charge in [0, 0.05) is 5.92 Å². The number of benzene rings is 3. The van der Waals surface area contributed by atoms with Crippen molar-refractivity contribution in [3.8, 4) is 11.1 Å². The molecule has 2 unspecified atom stereocenters. The molecule has 1 aliphatic rings. The second-order valence-corrected chi connectivity index (χ2v) is 9.99. The van der Waals surface area contributed by atoms with Gasteiger partial charge in [0.05, 0.1) is 12.7 Å². The first-order chi connectivity index (χ1) is 19.4. The number of alkyl carbamates (subject to hydrolysis) is 1. The van der Waals surface area contributed by atoms with Gasteiger partial charge in [0.1, 0.15) is 18.7 Å². The minimum absolute atomic E-state index is 0.0850. The van der Waals surface area contributed by atoms with E-state index in [1.807, 2.05) is 73.7 Å². The Morgan fingerprint density at radius 3 is 2.08 bits per heavy atom.